The van der Waals surface area contributed by atoms with Gasteiger partial charge in [-0.05, 0) is 30.2 Å². The molecule has 0 fully saturated rings. The highest BCUT2D eigenvalue weighted by molar-refractivity contribution is 7.89. The lowest BCUT2D eigenvalue weighted by Gasteiger charge is -2.11. The summed E-state index contributed by atoms with van der Waals surface area (Å²) in [6, 6.07) is 13.8. The van der Waals surface area contributed by atoms with Crippen LogP contribution in [0.1, 0.15) is 52.0 Å². The number of aromatic nitrogens is 1. The van der Waals surface area contributed by atoms with E-state index < -0.39 is 10.0 Å². The molecule has 158 valence electrons. The van der Waals surface area contributed by atoms with E-state index in [4.69, 9.17) is 0 Å². The van der Waals surface area contributed by atoms with Crippen LogP contribution < -0.4 is 10.0 Å². The molecule has 0 atom stereocenters. The fraction of sp³-hybridized carbons (Fsp3) is 0.273. The van der Waals surface area contributed by atoms with Gasteiger partial charge in [-0.25, -0.2) is 18.1 Å². The Kier molecular flexibility index (Phi) is 7.02. The Morgan fingerprint density at radius 1 is 1.10 bits per heavy atom. The zero-order valence-electron chi connectivity index (χ0n) is 17.2. The Morgan fingerprint density at radius 2 is 1.83 bits per heavy atom. The summed E-state index contributed by atoms with van der Waals surface area (Å²) in [7, 11) is -3.75. The molecule has 0 unspecified atom stereocenters. The lowest BCUT2D eigenvalue weighted by atomic mass is 10.1. The number of hydrogen-bond donors (Lipinski definition) is 2. The summed E-state index contributed by atoms with van der Waals surface area (Å²) in [5.41, 5.74) is 2.69. The number of hydrogen-bond acceptors (Lipinski definition) is 5. The summed E-state index contributed by atoms with van der Waals surface area (Å²) in [5.74, 6) is 0.0127. The first-order chi connectivity index (χ1) is 14.3. The van der Waals surface area contributed by atoms with Crippen LogP contribution in [0.4, 0.5) is 0 Å². The molecule has 0 radical (unpaired) electrons. The monoisotopic (exact) mass is 443 g/mol. The fourth-order valence-corrected chi connectivity index (χ4v) is 4.68. The summed E-state index contributed by atoms with van der Waals surface area (Å²) in [6.45, 7) is 6.40. The largest absolute Gasteiger partial charge is 0.346 e. The maximum atomic E-state index is 12.7. The van der Waals surface area contributed by atoms with Gasteiger partial charge >= 0.3 is 0 Å². The number of carbonyl (C=O) groups excluding carboxylic acids is 1. The topological polar surface area (TPSA) is 88.2 Å². The van der Waals surface area contributed by atoms with Crippen LogP contribution in [-0.4, -0.2) is 19.3 Å². The Balaban J connectivity index is 1.70. The maximum Gasteiger partial charge on any atom is 0.251 e. The van der Waals surface area contributed by atoms with E-state index in [0.717, 1.165) is 16.3 Å². The van der Waals surface area contributed by atoms with E-state index in [1.54, 1.807) is 24.3 Å². The van der Waals surface area contributed by atoms with Crippen molar-refractivity contribution in [2.75, 3.05) is 0 Å². The molecule has 30 heavy (non-hydrogen) atoms. The number of sulfonamides is 1. The molecule has 0 aliphatic heterocycles. The molecule has 0 bridgehead atoms. The minimum absolute atomic E-state index is 0.0601. The number of amides is 1. The van der Waals surface area contributed by atoms with Crippen molar-refractivity contribution in [1.29, 1.82) is 0 Å². The van der Waals surface area contributed by atoms with Gasteiger partial charge in [0.15, 0.2) is 0 Å². The van der Waals surface area contributed by atoms with E-state index in [-0.39, 0.29) is 17.3 Å². The van der Waals surface area contributed by atoms with Crippen LogP contribution in [0.2, 0.25) is 0 Å². The first kappa shape index (κ1) is 22.1. The van der Waals surface area contributed by atoms with Crippen LogP contribution in [0.3, 0.4) is 0 Å². The second kappa shape index (κ2) is 9.51. The van der Waals surface area contributed by atoms with E-state index in [2.05, 4.69) is 28.9 Å². The normalized spacial score (nSPS) is 11.6. The van der Waals surface area contributed by atoms with Gasteiger partial charge in [0.25, 0.3) is 5.91 Å². The molecule has 3 rings (SSSR count). The molecule has 0 saturated carbocycles. The van der Waals surface area contributed by atoms with Crippen molar-refractivity contribution in [3.05, 3.63) is 81.3 Å². The van der Waals surface area contributed by atoms with E-state index in [1.807, 2.05) is 35.7 Å². The SMILES string of the molecule is Cc1ccc(S(=O)(=O)NCc2ccccc2)cc1C(=O)NCc1csc(C(C)C)n1. The first-order valence-electron chi connectivity index (χ1n) is 9.63. The molecular formula is C22H25N3O3S2. The summed E-state index contributed by atoms with van der Waals surface area (Å²) in [4.78, 5) is 17.3. The Hall–Kier alpha value is -2.55. The molecule has 1 heterocycles. The van der Waals surface area contributed by atoms with Crippen LogP contribution in [-0.2, 0) is 23.1 Å². The molecule has 2 N–H and O–H groups in total. The predicted octanol–water partition coefficient (Wildman–Crippen LogP) is 3.98. The third-order valence-electron chi connectivity index (χ3n) is 4.57. The summed E-state index contributed by atoms with van der Waals surface area (Å²) >= 11 is 1.57. The van der Waals surface area contributed by atoms with E-state index >= 15 is 0 Å². The van der Waals surface area contributed by atoms with Gasteiger partial charge in [0.2, 0.25) is 10.0 Å². The molecule has 0 aliphatic rings. The maximum absolute atomic E-state index is 12.7. The van der Waals surface area contributed by atoms with Gasteiger partial charge in [-0.1, -0.05) is 50.2 Å². The number of nitrogens with zero attached hydrogens (tertiary/aromatic N) is 1. The molecule has 8 heteroatoms. The molecular weight excluding hydrogens is 418 g/mol. The average molecular weight is 444 g/mol. The molecule has 2 aromatic carbocycles. The molecule has 6 nitrogen and oxygen atoms in total. The number of nitrogens with one attached hydrogen (secondary N) is 2. The lowest BCUT2D eigenvalue weighted by Crippen LogP contribution is -2.26. The second-order valence-corrected chi connectivity index (χ2v) is 9.96. The Morgan fingerprint density at radius 3 is 2.50 bits per heavy atom. The minimum Gasteiger partial charge on any atom is -0.346 e. The van der Waals surface area contributed by atoms with Gasteiger partial charge in [0, 0.05) is 23.4 Å². The summed E-state index contributed by atoms with van der Waals surface area (Å²) < 4.78 is 28.0. The van der Waals surface area contributed by atoms with Crippen molar-refractivity contribution in [3.63, 3.8) is 0 Å². The molecule has 1 aromatic heterocycles. The van der Waals surface area contributed by atoms with Gasteiger partial charge in [-0.2, -0.15) is 0 Å². The number of thiazole rings is 1. The van der Waals surface area contributed by atoms with Gasteiger partial charge in [-0.15, -0.1) is 11.3 Å². The van der Waals surface area contributed by atoms with Crippen LogP contribution in [0.5, 0.6) is 0 Å². The highest BCUT2D eigenvalue weighted by atomic mass is 32.2. The molecule has 3 aromatic rings. The summed E-state index contributed by atoms with van der Waals surface area (Å²) in [5, 5.41) is 5.78. The van der Waals surface area contributed by atoms with E-state index in [0.29, 0.717) is 23.6 Å². The molecule has 0 spiro atoms. The number of carbonyl (C=O) groups is 1. The second-order valence-electron chi connectivity index (χ2n) is 7.30. The fourth-order valence-electron chi connectivity index (χ4n) is 2.81. The number of benzene rings is 2. The predicted molar refractivity (Wildman–Crippen MR) is 119 cm³/mol. The Labute approximate surface area is 181 Å². The van der Waals surface area contributed by atoms with Gasteiger partial charge < -0.3 is 5.32 Å². The van der Waals surface area contributed by atoms with Crippen LogP contribution in [0.15, 0.2) is 58.8 Å². The standard InChI is InChI=1S/C22H25N3O3S2/c1-15(2)22-25-18(14-29-22)13-23-21(26)20-11-19(10-9-16(20)3)30(27,28)24-12-17-7-5-4-6-8-17/h4-11,14-15,24H,12-13H2,1-3H3,(H,23,26). The Bertz CT molecular complexity index is 1120. The number of aryl methyl sites for hydroxylation is 1. The zero-order valence-corrected chi connectivity index (χ0v) is 18.8. The number of rotatable bonds is 8. The van der Waals surface area contributed by atoms with Crippen molar-refractivity contribution >= 4 is 27.3 Å². The summed E-state index contributed by atoms with van der Waals surface area (Å²) in [6.07, 6.45) is 0. The lowest BCUT2D eigenvalue weighted by molar-refractivity contribution is 0.0949. The highest BCUT2D eigenvalue weighted by Gasteiger charge is 2.18. The zero-order chi connectivity index (χ0) is 21.7. The van der Waals surface area contributed by atoms with Gasteiger partial charge in [-0.3, -0.25) is 4.79 Å². The molecule has 0 aliphatic carbocycles. The van der Waals surface area contributed by atoms with Crippen LogP contribution in [0, 0.1) is 6.92 Å². The van der Waals surface area contributed by atoms with Gasteiger partial charge in [0.1, 0.15) is 0 Å². The molecule has 1 amide bonds. The van der Waals surface area contributed by atoms with Crippen molar-refractivity contribution < 1.29 is 13.2 Å². The van der Waals surface area contributed by atoms with E-state index in [9.17, 15) is 13.2 Å². The van der Waals surface area contributed by atoms with E-state index in [1.165, 1.54) is 12.1 Å². The third-order valence-corrected chi connectivity index (χ3v) is 7.16. The van der Waals surface area contributed by atoms with Crippen molar-refractivity contribution in [2.45, 2.75) is 44.7 Å². The van der Waals surface area contributed by atoms with Gasteiger partial charge in [0.05, 0.1) is 22.1 Å². The first-order valence-corrected chi connectivity index (χ1v) is 12.0. The van der Waals surface area contributed by atoms with Crippen molar-refractivity contribution in [3.8, 4) is 0 Å². The quantitative estimate of drug-likeness (QED) is 0.551. The highest BCUT2D eigenvalue weighted by Crippen LogP contribution is 2.20. The third kappa shape index (κ3) is 5.53. The van der Waals surface area contributed by atoms with Crippen molar-refractivity contribution in [2.24, 2.45) is 0 Å². The van der Waals surface area contributed by atoms with Crippen LogP contribution >= 0.6 is 11.3 Å². The van der Waals surface area contributed by atoms with Crippen molar-refractivity contribution in [1.82, 2.24) is 15.0 Å². The smallest absolute Gasteiger partial charge is 0.251 e. The average Bonchev–Trinajstić information content (AvgIpc) is 3.21. The minimum atomic E-state index is -3.75. The van der Waals surface area contributed by atoms with Crippen LogP contribution in [0.25, 0.3) is 0 Å². The molecule has 0 saturated heterocycles.